The van der Waals surface area contributed by atoms with Crippen molar-refractivity contribution in [2.45, 2.75) is 6.92 Å². The summed E-state index contributed by atoms with van der Waals surface area (Å²) in [7, 11) is 5.04. The Bertz CT molecular complexity index is 488. The second kappa shape index (κ2) is 4.77. The molecule has 17 heavy (non-hydrogen) atoms. The molecule has 0 fully saturated rings. The van der Waals surface area contributed by atoms with Crippen molar-refractivity contribution < 1.29 is 9.72 Å². The molecule has 0 aliphatic carbocycles. The smallest absolute Gasteiger partial charge is 0.342 e. The number of nitrogens with zero attached hydrogens (tertiary/aromatic N) is 4. The largest absolute Gasteiger partial charge is 0.383 e. The highest BCUT2D eigenvalue weighted by Crippen LogP contribution is 2.19. The lowest BCUT2D eigenvalue weighted by molar-refractivity contribution is -0.391. The molecule has 0 atom stereocenters. The second-order valence-electron chi connectivity index (χ2n) is 3.82. The molecule has 0 aromatic carbocycles. The van der Waals surface area contributed by atoms with E-state index in [2.05, 4.69) is 4.98 Å². The zero-order chi connectivity index (χ0) is 13.2. The van der Waals surface area contributed by atoms with E-state index in [9.17, 15) is 14.9 Å². The van der Waals surface area contributed by atoms with Gasteiger partial charge in [0.25, 0.3) is 0 Å². The third kappa shape index (κ3) is 2.68. The van der Waals surface area contributed by atoms with Crippen LogP contribution in [0.25, 0.3) is 5.57 Å². The number of hydrogen-bond donors (Lipinski definition) is 0. The SMILES string of the molecule is CC(=O)/C(=C/N(C)C)c1ncc([N+](=O)[O-])n1C. The van der Waals surface area contributed by atoms with Crippen molar-refractivity contribution in [2.75, 3.05) is 14.1 Å². The summed E-state index contributed by atoms with van der Waals surface area (Å²) in [5, 5.41) is 10.7. The van der Waals surface area contributed by atoms with Crippen LogP contribution >= 0.6 is 0 Å². The zero-order valence-electron chi connectivity index (χ0n) is 10.2. The molecule has 0 radical (unpaired) electrons. The number of ketones is 1. The monoisotopic (exact) mass is 238 g/mol. The highest BCUT2D eigenvalue weighted by atomic mass is 16.6. The fraction of sp³-hybridized carbons (Fsp3) is 0.400. The van der Waals surface area contributed by atoms with Crippen LogP contribution < -0.4 is 0 Å². The maximum absolute atomic E-state index is 11.5. The van der Waals surface area contributed by atoms with Crippen molar-refractivity contribution in [1.29, 1.82) is 0 Å². The number of allylic oxidation sites excluding steroid dienone is 1. The van der Waals surface area contributed by atoms with Crippen LogP contribution in [0.5, 0.6) is 0 Å². The fourth-order valence-electron chi connectivity index (χ4n) is 1.38. The number of hydrogen-bond acceptors (Lipinski definition) is 5. The maximum atomic E-state index is 11.5. The van der Waals surface area contributed by atoms with Gasteiger partial charge in [-0.3, -0.25) is 4.79 Å². The van der Waals surface area contributed by atoms with E-state index in [0.29, 0.717) is 5.57 Å². The molecule has 0 unspecified atom stereocenters. The normalized spacial score (nSPS) is 11.4. The molecule has 0 aliphatic rings. The Morgan fingerprint density at radius 2 is 2.18 bits per heavy atom. The van der Waals surface area contributed by atoms with Crippen molar-refractivity contribution in [3.05, 3.63) is 28.3 Å². The maximum Gasteiger partial charge on any atom is 0.342 e. The zero-order valence-corrected chi connectivity index (χ0v) is 10.2. The van der Waals surface area contributed by atoms with E-state index in [4.69, 9.17) is 0 Å². The molecule has 7 heteroatoms. The molecule has 0 bridgehead atoms. The molecule has 0 saturated carbocycles. The summed E-state index contributed by atoms with van der Waals surface area (Å²) in [6, 6.07) is 0. The fourth-order valence-corrected chi connectivity index (χ4v) is 1.38. The Morgan fingerprint density at radius 1 is 1.59 bits per heavy atom. The van der Waals surface area contributed by atoms with Crippen molar-refractivity contribution in [1.82, 2.24) is 14.5 Å². The number of imidazole rings is 1. The number of nitro groups is 1. The number of Topliss-reactive ketones (excluding diaryl/α,β-unsaturated/α-hetero) is 1. The van der Waals surface area contributed by atoms with E-state index in [-0.39, 0.29) is 17.4 Å². The summed E-state index contributed by atoms with van der Waals surface area (Å²) >= 11 is 0. The molecule has 1 aromatic heterocycles. The number of aromatic nitrogens is 2. The first kappa shape index (κ1) is 12.9. The molecule has 1 heterocycles. The molecule has 0 saturated heterocycles. The predicted molar refractivity (Wildman–Crippen MR) is 62.2 cm³/mol. The van der Waals surface area contributed by atoms with Gasteiger partial charge in [-0.05, 0) is 11.8 Å². The molecular formula is C10H14N4O3. The Hall–Kier alpha value is -2.18. The van der Waals surface area contributed by atoms with Gasteiger partial charge in [0.05, 0.1) is 7.05 Å². The molecular weight excluding hydrogens is 224 g/mol. The second-order valence-corrected chi connectivity index (χ2v) is 3.82. The van der Waals surface area contributed by atoms with Gasteiger partial charge in [-0.25, -0.2) is 9.55 Å². The van der Waals surface area contributed by atoms with Gasteiger partial charge in [0.1, 0.15) is 11.8 Å². The molecule has 1 aromatic rings. The summed E-state index contributed by atoms with van der Waals surface area (Å²) < 4.78 is 1.29. The van der Waals surface area contributed by atoms with Crippen LogP contribution in [0.15, 0.2) is 12.4 Å². The Morgan fingerprint density at radius 3 is 2.53 bits per heavy atom. The molecule has 0 spiro atoms. The lowest BCUT2D eigenvalue weighted by Crippen LogP contribution is -2.10. The van der Waals surface area contributed by atoms with E-state index in [1.165, 1.54) is 18.5 Å². The minimum atomic E-state index is -0.538. The van der Waals surface area contributed by atoms with E-state index < -0.39 is 4.92 Å². The number of carbonyl (C=O) groups excluding carboxylic acids is 1. The van der Waals surface area contributed by atoms with Crippen molar-refractivity contribution in [3.63, 3.8) is 0 Å². The Kier molecular flexibility index (Phi) is 3.62. The summed E-state index contributed by atoms with van der Waals surface area (Å²) in [6.45, 7) is 1.40. The third-order valence-electron chi connectivity index (χ3n) is 2.16. The van der Waals surface area contributed by atoms with Crippen LogP contribution in [0.3, 0.4) is 0 Å². The van der Waals surface area contributed by atoms with Crippen LogP contribution in [-0.4, -0.2) is 39.3 Å². The molecule has 0 N–H and O–H groups in total. The quantitative estimate of drug-likeness (QED) is 0.440. The first-order chi connectivity index (χ1) is 7.84. The van der Waals surface area contributed by atoms with Crippen LogP contribution in [0.4, 0.5) is 5.82 Å². The van der Waals surface area contributed by atoms with E-state index >= 15 is 0 Å². The molecule has 1 rings (SSSR count). The Balaban J connectivity index is 3.31. The average molecular weight is 238 g/mol. The van der Waals surface area contributed by atoms with Gasteiger partial charge >= 0.3 is 5.82 Å². The average Bonchev–Trinajstić information content (AvgIpc) is 2.56. The Labute approximate surface area is 98.5 Å². The summed E-state index contributed by atoms with van der Waals surface area (Å²) in [5.41, 5.74) is 0.339. The molecule has 92 valence electrons. The molecule has 7 nitrogen and oxygen atoms in total. The summed E-state index contributed by atoms with van der Waals surface area (Å²) in [6.07, 6.45) is 2.73. The number of carbonyl (C=O) groups is 1. The van der Waals surface area contributed by atoms with E-state index in [1.54, 1.807) is 25.2 Å². The van der Waals surface area contributed by atoms with Gasteiger partial charge in [0.2, 0.25) is 5.82 Å². The van der Waals surface area contributed by atoms with Crippen molar-refractivity contribution in [2.24, 2.45) is 7.05 Å². The van der Waals surface area contributed by atoms with Gasteiger partial charge in [0, 0.05) is 20.3 Å². The highest BCUT2D eigenvalue weighted by Gasteiger charge is 2.22. The van der Waals surface area contributed by atoms with Gasteiger partial charge in [-0.15, -0.1) is 0 Å². The van der Waals surface area contributed by atoms with Crippen molar-refractivity contribution >= 4 is 17.2 Å². The van der Waals surface area contributed by atoms with E-state index in [0.717, 1.165) is 6.20 Å². The molecule has 0 amide bonds. The standard InChI is InChI=1S/C10H14N4O3/c1-7(15)8(6-12(2)3)10-11-5-9(13(10)4)14(16)17/h5-6H,1-4H3/b8-6-. The van der Waals surface area contributed by atoms with Gasteiger partial charge in [-0.2, -0.15) is 0 Å². The number of rotatable bonds is 4. The van der Waals surface area contributed by atoms with Crippen LogP contribution in [-0.2, 0) is 11.8 Å². The van der Waals surface area contributed by atoms with Gasteiger partial charge < -0.3 is 15.0 Å². The lowest BCUT2D eigenvalue weighted by atomic mass is 10.2. The summed E-state index contributed by atoms with van der Waals surface area (Å²) in [4.78, 5) is 27.2. The van der Waals surface area contributed by atoms with E-state index in [1.807, 2.05) is 0 Å². The van der Waals surface area contributed by atoms with Crippen LogP contribution in [0, 0.1) is 10.1 Å². The lowest BCUT2D eigenvalue weighted by Gasteiger charge is -2.07. The molecule has 0 aliphatic heterocycles. The van der Waals surface area contributed by atoms with Crippen LogP contribution in [0.1, 0.15) is 12.7 Å². The predicted octanol–water partition coefficient (Wildman–Crippen LogP) is 0.820. The van der Waals surface area contributed by atoms with Gasteiger partial charge in [0.15, 0.2) is 5.78 Å². The third-order valence-corrected chi connectivity index (χ3v) is 2.16. The highest BCUT2D eigenvalue weighted by molar-refractivity contribution is 6.18. The van der Waals surface area contributed by atoms with Crippen LogP contribution in [0.2, 0.25) is 0 Å². The topological polar surface area (TPSA) is 81.3 Å². The minimum absolute atomic E-state index is 0.147. The first-order valence-electron chi connectivity index (χ1n) is 4.90. The first-order valence-corrected chi connectivity index (χ1v) is 4.90. The minimum Gasteiger partial charge on any atom is -0.383 e. The van der Waals surface area contributed by atoms with Gasteiger partial charge in [-0.1, -0.05) is 0 Å². The van der Waals surface area contributed by atoms with Crippen molar-refractivity contribution in [3.8, 4) is 0 Å². The summed E-state index contributed by atoms with van der Waals surface area (Å²) in [5.74, 6) is -0.0499.